The molecule has 3 rings (SSSR count). The molecule has 2 N–H and O–H groups in total. The van der Waals surface area contributed by atoms with Gasteiger partial charge in [-0.2, -0.15) is 0 Å². The van der Waals surface area contributed by atoms with Crippen LogP contribution in [0.3, 0.4) is 0 Å². The van der Waals surface area contributed by atoms with Crippen molar-refractivity contribution in [3.8, 4) is 5.69 Å². The highest BCUT2D eigenvalue weighted by molar-refractivity contribution is 7.99. The zero-order chi connectivity index (χ0) is 22.1. The Morgan fingerprint density at radius 1 is 1.10 bits per heavy atom. The minimum atomic E-state index is -0.0832. The van der Waals surface area contributed by atoms with Gasteiger partial charge < -0.3 is 10.6 Å². The molecule has 1 heterocycles. The van der Waals surface area contributed by atoms with E-state index in [4.69, 9.17) is 0 Å². The predicted octanol–water partition coefficient (Wildman–Crippen LogP) is 4.12. The van der Waals surface area contributed by atoms with Gasteiger partial charge in [-0.05, 0) is 37.1 Å². The first-order valence-electron chi connectivity index (χ1n) is 10.4. The van der Waals surface area contributed by atoms with Gasteiger partial charge in [0, 0.05) is 36.7 Å². The van der Waals surface area contributed by atoms with Crippen LogP contribution in [0.5, 0.6) is 0 Å². The van der Waals surface area contributed by atoms with Gasteiger partial charge in [0.2, 0.25) is 5.91 Å². The van der Waals surface area contributed by atoms with E-state index in [1.807, 2.05) is 60.2 Å². The van der Waals surface area contributed by atoms with Crippen LogP contribution in [0, 0.1) is 6.92 Å². The molecule has 0 aliphatic heterocycles. The molecule has 0 aliphatic rings. The molecule has 0 saturated carbocycles. The van der Waals surface area contributed by atoms with Crippen molar-refractivity contribution in [3.05, 3.63) is 77.6 Å². The molecule has 1 aromatic heterocycles. The highest BCUT2D eigenvalue weighted by atomic mass is 32.2. The number of rotatable bonds is 10. The van der Waals surface area contributed by atoms with E-state index in [2.05, 4.69) is 22.5 Å². The van der Waals surface area contributed by atoms with Gasteiger partial charge in [-0.1, -0.05) is 61.0 Å². The van der Waals surface area contributed by atoms with Crippen molar-refractivity contribution in [1.82, 2.24) is 20.2 Å². The lowest BCUT2D eigenvalue weighted by Crippen LogP contribution is -2.24. The zero-order valence-electron chi connectivity index (χ0n) is 17.9. The van der Waals surface area contributed by atoms with Crippen LogP contribution in [0.25, 0.3) is 5.69 Å². The molecule has 162 valence electrons. The average Bonchev–Trinajstić information content (AvgIpc) is 3.26. The summed E-state index contributed by atoms with van der Waals surface area (Å²) in [5, 5.41) is 6.58. The van der Waals surface area contributed by atoms with Gasteiger partial charge in [0.25, 0.3) is 5.91 Å². The van der Waals surface area contributed by atoms with Gasteiger partial charge in [-0.25, -0.2) is 4.98 Å². The molecular weight excluding hydrogens is 408 g/mol. The topological polar surface area (TPSA) is 76.0 Å². The third kappa shape index (κ3) is 6.72. The average molecular weight is 437 g/mol. The first kappa shape index (κ1) is 22.6. The second-order valence-corrected chi connectivity index (χ2v) is 8.23. The number of carbonyl (C=O) groups excluding carboxylic acids is 2. The van der Waals surface area contributed by atoms with Gasteiger partial charge in [-0.15, -0.1) is 0 Å². The molecular formula is C24H28N4O2S. The number of nitrogens with zero attached hydrogens (tertiary/aromatic N) is 2. The number of amides is 2. The summed E-state index contributed by atoms with van der Waals surface area (Å²) in [5.41, 5.74) is 3.71. The maximum atomic E-state index is 12.4. The summed E-state index contributed by atoms with van der Waals surface area (Å²) in [6, 6.07) is 15.5. The van der Waals surface area contributed by atoms with Crippen molar-refractivity contribution in [3.63, 3.8) is 0 Å². The quantitative estimate of drug-likeness (QED) is 0.370. The lowest BCUT2D eigenvalue weighted by atomic mass is 10.1. The summed E-state index contributed by atoms with van der Waals surface area (Å²) in [7, 11) is 0. The Labute approximate surface area is 187 Å². The Kier molecular flexibility index (Phi) is 8.29. The van der Waals surface area contributed by atoms with E-state index in [9.17, 15) is 9.59 Å². The normalized spacial score (nSPS) is 10.6. The Morgan fingerprint density at radius 3 is 2.68 bits per heavy atom. The number of hydrogen-bond donors (Lipinski definition) is 2. The predicted molar refractivity (Wildman–Crippen MR) is 125 cm³/mol. The Balaban J connectivity index is 1.58. The number of thioether (sulfide) groups is 1. The Morgan fingerprint density at radius 2 is 1.90 bits per heavy atom. The minimum Gasteiger partial charge on any atom is -0.352 e. The molecule has 0 bridgehead atoms. The molecule has 7 heteroatoms. The van der Waals surface area contributed by atoms with Crippen molar-refractivity contribution in [2.45, 2.75) is 38.4 Å². The summed E-state index contributed by atoms with van der Waals surface area (Å²) in [6.07, 6.45) is 5.52. The molecule has 2 amide bonds. The Bertz CT molecular complexity index is 1010. The van der Waals surface area contributed by atoms with Crippen molar-refractivity contribution in [2.75, 3.05) is 12.3 Å². The van der Waals surface area contributed by atoms with Crippen LogP contribution in [-0.2, 0) is 11.3 Å². The van der Waals surface area contributed by atoms with E-state index in [1.54, 1.807) is 12.3 Å². The van der Waals surface area contributed by atoms with Crippen LogP contribution in [0.1, 0.15) is 41.3 Å². The number of aryl methyl sites for hydroxylation is 1. The largest absolute Gasteiger partial charge is 0.352 e. The highest BCUT2D eigenvalue weighted by Gasteiger charge is 2.11. The number of benzene rings is 2. The van der Waals surface area contributed by atoms with Crippen LogP contribution in [0.2, 0.25) is 0 Å². The van der Waals surface area contributed by atoms with Crippen LogP contribution < -0.4 is 10.6 Å². The third-order valence-corrected chi connectivity index (χ3v) is 5.72. The smallest absolute Gasteiger partial charge is 0.251 e. The maximum absolute atomic E-state index is 12.4. The van der Waals surface area contributed by atoms with E-state index in [1.165, 1.54) is 17.3 Å². The Hall–Kier alpha value is -3.06. The fourth-order valence-corrected chi connectivity index (χ4v) is 3.76. The van der Waals surface area contributed by atoms with Gasteiger partial charge in [-0.3, -0.25) is 14.2 Å². The zero-order valence-corrected chi connectivity index (χ0v) is 18.7. The summed E-state index contributed by atoms with van der Waals surface area (Å²) >= 11 is 1.36. The fraction of sp³-hybridized carbons (Fsp3) is 0.292. The van der Waals surface area contributed by atoms with Crippen molar-refractivity contribution in [1.29, 1.82) is 0 Å². The minimum absolute atomic E-state index is 0.0517. The number of imidazole rings is 1. The highest BCUT2D eigenvalue weighted by Crippen LogP contribution is 2.21. The standard InChI is InChI=1S/C24H28N4O2S/c1-3-4-12-25-23(30)20-6-5-7-21(15-20)28-14-13-26-24(28)31-17-22(29)27-16-19-10-8-18(2)9-11-19/h5-11,13-15H,3-4,12,16-17H2,1-2H3,(H,25,30)(H,27,29). The lowest BCUT2D eigenvalue weighted by molar-refractivity contribution is -0.118. The van der Waals surface area contributed by atoms with E-state index in [-0.39, 0.29) is 17.6 Å². The number of unbranched alkanes of at least 4 members (excludes halogenated alkanes) is 1. The van der Waals surface area contributed by atoms with E-state index in [0.29, 0.717) is 23.8 Å². The third-order valence-electron chi connectivity index (χ3n) is 4.75. The fourth-order valence-electron chi connectivity index (χ4n) is 2.96. The number of hydrogen-bond acceptors (Lipinski definition) is 4. The van der Waals surface area contributed by atoms with Gasteiger partial charge in [0.1, 0.15) is 0 Å². The van der Waals surface area contributed by atoms with Crippen molar-refractivity contribution < 1.29 is 9.59 Å². The molecule has 3 aromatic rings. The van der Waals surface area contributed by atoms with Crippen molar-refractivity contribution >= 4 is 23.6 Å². The van der Waals surface area contributed by atoms with Crippen LogP contribution in [-0.4, -0.2) is 33.7 Å². The van der Waals surface area contributed by atoms with Crippen LogP contribution in [0.15, 0.2) is 66.1 Å². The van der Waals surface area contributed by atoms with E-state index >= 15 is 0 Å². The number of carbonyl (C=O) groups is 2. The molecule has 2 aromatic carbocycles. The van der Waals surface area contributed by atoms with Gasteiger partial charge >= 0.3 is 0 Å². The monoisotopic (exact) mass is 436 g/mol. The summed E-state index contributed by atoms with van der Waals surface area (Å²) < 4.78 is 1.89. The molecule has 0 radical (unpaired) electrons. The van der Waals surface area contributed by atoms with Gasteiger partial charge in [0.15, 0.2) is 5.16 Å². The number of aromatic nitrogens is 2. The maximum Gasteiger partial charge on any atom is 0.251 e. The second-order valence-electron chi connectivity index (χ2n) is 7.29. The molecule has 0 spiro atoms. The van der Waals surface area contributed by atoms with Gasteiger partial charge in [0.05, 0.1) is 5.75 Å². The molecule has 0 unspecified atom stereocenters. The molecule has 6 nitrogen and oxygen atoms in total. The van der Waals surface area contributed by atoms with Crippen LogP contribution in [0.4, 0.5) is 0 Å². The molecule has 0 fully saturated rings. The molecule has 0 aliphatic carbocycles. The molecule has 31 heavy (non-hydrogen) atoms. The van der Waals surface area contributed by atoms with E-state index < -0.39 is 0 Å². The van der Waals surface area contributed by atoms with E-state index in [0.717, 1.165) is 24.1 Å². The summed E-state index contributed by atoms with van der Waals surface area (Å²) in [6.45, 7) is 5.30. The molecule has 0 atom stereocenters. The molecule has 0 saturated heterocycles. The SMILES string of the molecule is CCCCNC(=O)c1cccc(-n2ccnc2SCC(=O)NCc2ccc(C)cc2)c1. The first-order valence-corrected chi connectivity index (χ1v) is 11.4. The lowest BCUT2D eigenvalue weighted by Gasteiger charge is -2.10. The van der Waals surface area contributed by atoms with Crippen LogP contribution >= 0.6 is 11.8 Å². The van der Waals surface area contributed by atoms with Crippen molar-refractivity contribution in [2.24, 2.45) is 0 Å². The second kappa shape index (κ2) is 11.4. The number of nitrogens with one attached hydrogen (secondary N) is 2. The first-order chi connectivity index (χ1) is 15.1. The summed E-state index contributed by atoms with van der Waals surface area (Å²) in [5.74, 6) is 0.129. The summed E-state index contributed by atoms with van der Waals surface area (Å²) in [4.78, 5) is 29.0.